The van der Waals surface area contributed by atoms with E-state index >= 15 is 0 Å². The van der Waals surface area contributed by atoms with Gasteiger partial charge in [-0.25, -0.2) is 0 Å². The Hall–Kier alpha value is -5.92. The van der Waals surface area contributed by atoms with Crippen molar-refractivity contribution in [3.63, 3.8) is 0 Å². The van der Waals surface area contributed by atoms with Crippen molar-refractivity contribution in [2.24, 2.45) is 0 Å². The molecule has 0 unspecified atom stereocenters. The predicted molar refractivity (Wildman–Crippen MR) is 237 cm³/mol. The summed E-state index contributed by atoms with van der Waals surface area (Å²) in [4.78, 5) is 2.51. The Labute approximate surface area is 333 Å². The quantitative estimate of drug-likeness (QED) is 0.165. The number of allylic oxidation sites excluding steroid dienone is 1. The molecule has 0 atom stereocenters. The van der Waals surface area contributed by atoms with Crippen molar-refractivity contribution in [1.82, 2.24) is 0 Å². The molecule has 0 saturated carbocycles. The van der Waals surface area contributed by atoms with E-state index in [1.807, 2.05) is 0 Å². The summed E-state index contributed by atoms with van der Waals surface area (Å²) < 4.78 is 0. The Kier molecular flexibility index (Phi) is 8.08. The molecule has 7 aromatic rings. The molecule has 10 rings (SSSR count). The maximum Gasteiger partial charge on any atom is 0.0714 e. The van der Waals surface area contributed by atoms with Crippen LogP contribution in [0.15, 0.2) is 170 Å². The van der Waals surface area contributed by atoms with Gasteiger partial charge in [0.05, 0.1) is 11.1 Å². The van der Waals surface area contributed by atoms with Crippen LogP contribution < -0.4 is 4.90 Å². The Morgan fingerprint density at radius 1 is 0.482 bits per heavy atom. The summed E-state index contributed by atoms with van der Waals surface area (Å²) in [6, 6.07) is 61.9. The van der Waals surface area contributed by atoms with Gasteiger partial charge in [-0.05, 0) is 128 Å². The molecule has 0 aliphatic heterocycles. The lowest BCUT2D eigenvalue weighted by molar-refractivity contribution is 0.332. The van der Waals surface area contributed by atoms with Gasteiger partial charge in [-0.2, -0.15) is 0 Å². The van der Waals surface area contributed by atoms with Crippen LogP contribution in [-0.4, -0.2) is 0 Å². The monoisotopic (exact) mass is 723 g/mol. The van der Waals surface area contributed by atoms with Crippen LogP contribution in [0.2, 0.25) is 0 Å². The summed E-state index contributed by atoms with van der Waals surface area (Å²) in [6.45, 7) is 9.65. The standard InChI is InChI=1S/C55H49N/c1-53(2)34-35-54(3,4)50-37-41(29-33-48(50)53)39-26-30-44(31-27-39)56(45-32-28-38-16-11-12-17-40(38)36-45)51-25-15-24-49-52(51)46-22-13-14-23-47(46)55(49,42-18-7-5-8-19-42)43-20-9-6-10-21-43/h5-10,12-15,17-33,36-37H,11,16,34-35H2,1-4H3. The molecule has 0 spiro atoms. The summed E-state index contributed by atoms with van der Waals surface area (Å²) in [6.07, 6.45) is 9.24. The van der Waals surface area contributed by atoms with Crippen LogP contribution in [0.3, 0.4) is 0 Å². The van der Waals surface area contributed by atoms with Crippen molar-refractivity contribution in [3.8, 4) is 22.3 Å². The third kappa shape index (κ3) is 5.35. The highest BCUT2D eigenvalue weighted by Gasteiger charge is 2.47. The number of anilines is 3. The molecule has 1 heteroatoms. The van der Waals surface area contributed by atoms with Gasteiger partial charge in [-0.3, -0.25) is 0 Å². The van der Waals surface area contributed by atoms with Crippen LogP contribution in [0.25, 0.3) is 28.3 Å². The Balaban J connectivity index is 1.18. The lowest BCUT2D eigenvalue weighted by Crippen LogP contribution is -2.33. The lowest BCUT2D eigenvalue weighted by Gasteiger charge is -2.42. The molecule has 0 aromatic heterocycles. The number of aryl methyl sites for hydroxylation is 1. The molecule has 1 nitrogen and oxygen atoms in total. The SMILES string of the molecule is CC1(C)CCC(C)(C)c2cc(-c3ccc(N(c4ccc5c(c4)C=CCC5)c4cccc5c4-c4ccccc4C5(c4ccccc4)c4ccccc4)cc3)ccc21. The molecule has 0 saturated heterocycles. The predicted octanol–water partition coefficient (Wildman–Crippen LogP) is 14.5. The van der Waals surface area contributed by atoms with Crippen molar-refractivity contribution in [1.29, 1.82) is 0 Å². The molecule has 0 heterocycles. The van der Waals surface area contributed by atoms with Gasteiger partial charge in [0, 0.05) is 16.9 Å². The molecule has 0 fully saturated rings. The van der Waals surface area contributed by atoms with E-state index in [-0.39, 0.29) is 10.8 Å². The van der Waals surface area contributed by atoms with Crippen LogP contribution >= 0.6 is 0 Å². The second-order valence-corrected chi connectivity index (χ2v) is 17.5. The Morgan fingerprint density at radius 2 is 1.11 bits per heavy atom. The second kappa shape index (κ2) is 13.1. The number of fused-ring (bicyclic) bond motifs is 5. The first-order chi connectivity index (χ1) is 27.3. The lowest BCUT2D eigenvalue weighted by atomic mass is 9.63. The van der Waals surface area contributed by atoms with Crippen molar-refractivity contribution >= 4 is 23.1 Å². The first-order valence-electron chi connectivity index (χ1n) is 20.5. The van der Waals surface area contributed by atoms with Crippen LogP contribution in [0.5, 0.6) is 0 Å². The minimum absolute atomic E-state index is 0.164. The van der Waals surface area contributed by atoms with E-state index in [1.165, 1.54) is 91.0 Å². The fourth-order valence-corrected chi connectivity index (χ4v) is 10.2. The highest BCUT2D eigenvalue weighted by atomic mass is 15.1. The van der Waals surface area contributed by atoms with E-state index in [4.69, 9.17) is 0 Å². The zero-order chi connectivity index (χ0) is 38.1. The molecule has 3 aliphatic carbocycles. The Bertz CT molecular complexity index is 2580. The highest BCUT2D eigenvalue weighted by molar-refractivity contribution is 5.97. The van der Waals surface area contributed by atoms with Crippen molar-refractivity contribution < 1.29 is 0 Å². The van der Waals surface area contributed by atoms with E-state index in [0.717, 1.165) is 18.5 Å². The van der Waals surface area contributed by atoms with E-state index < -0.39 is 5.41 Å². The Morgan fingerprint density at radius 3 is 1.84 bits per heavy atom. The maximum atomic E-state index is 2.51. The van der Waals surface area contributed by atoms with E-state index in [1.54, 1.807) is 0 Å². The number of benzene rings is 7. The van der Waals surface area contributed by atoms with Gasteiger partial charge in [0.15, 0.2) is 0 Å². The average Bonchev–Trinajstić information content (AvgIpc) is 3.55. The third-order valence-electron chi connectivity index (χ3n) is 13.3. The first kappa shape index (κ1) is 34.6. The molecule has 0 radical (unpaired) electrons. The summed E-state index contributed by atoms with van der Waals surface area (Å²) in [7, 11) is 0. The summed E-state index contributed by atoms with van der Waals surface area (Å²) in [5, 5.41) is 0. The van der Waals surface area contributed by atoms with Gasteiger partial charge in [0.2, 0.25) is 0 Å². The number of nitrogens with zero attached hydrogens (tertiary/aromatic N) is 1. The number of rotatable bonds is 6. The van der Waals surface area contributed by atoms with E-state index in [2.05, 4.69) is 209 Å². The number of hydrogen-bond donors (Lipinski definition) is 0. The van der Waals surface area contributed by atoms with Crippen LogP contribution in [-0.2, 0) is 22.7 Å². The average molecular weight is 724 g/mol. The van der Waals surface area contributed by atoms with Gasteiger partial charge >= 0.3 is 0 Å². The highest BCUT2D eigenvalue weighted by Crippen LogP contribution is 2.59. The minimum Gasteiger partial charge on any atom is -0.310 e. The molecule has 274 valence electrons. The van der Waals surface area contributed by atoms with Gasteiger partial charge in [0.25, 0.3) is 0 Å². The van der Waals surface area contributed by atoms with Gasteiger partial charge in [-0.1, -0.05) is 173 Å². The zero-order valence-corrected chi connectivity index (χ0v) is 33.0. The summed E-state index contributed by atoms with van der Waals surface area (Å²) >= 11 is 0. The topological polar surface area (TPSA) is 3.24 Å². The molecule has 0 N–H and O–H groups in total. The third-order valence-corrected chi connectivity index (χ3v) is 13.3. The molecular formula is C55H49N. The largest absolute Gasteiger partial charge is 0.310 e. The fourth-order valence-electron chi connectivity index (χ4n) is 10.2. The van der Waals surface area contributed by atoms with E-state index in [9.17, 15) is 0 Å². The zero-order valence-electron chi connectivity index (χ0n) is 33.0. The molecule has 7 aromatic carbocycles. The minimum atomic E-state index is -0.465. The van der Waals surface area contributed by atoms with Crippen LogP contribution in [0, 0.1) is 0 Å². The van der Waals surface area contributed by atoms with Gasteiger partial charge in [-0.15, -0.1) is 0 Å². The molecular weight excluding hydrogens is 675 g/mol. The maximum absolute atomic E-state index is 2.51. The van der Waals surface area contributed by atoms with E-state index in [0.29, 0.717) is 0 Å². The smallest absolute Gasteiger partial charge is 0.0714 e. The van der Waals surface area contributed by atoms with Crippen molar-refractivity contribution in [2.45, 2.75) is 69.6 Å². The van der Waals surface area contributed by atoms with Crippen LogP contribution in [0.1, 0.15) is 91.5 Å². The second-order valence-electron chi connectivity index (χ2n) is 17.5. The normalized spacial score (nSPS) is 16.6. The molecule has 0 amide bonds. The fraction of sp³-hybridized carbons (Fsp3) is 0.200. The van der Waals surface area contributed by atoms with Crippen molar-refractivity contribution in [3.05, 3.63) is 214 Å². The van der Waals surface area contributed by atoms with Gasteiger partial charge in [0.1, 0.15) is 0 Å². The molecule has 0 bridgehead atoms. The van der Waals surface area contributed by atoms with Crippen molar-refractivity contribution in [2.75, 3.05) is 4.90 Å². The first-order valence-corrected chi connectivity index (χ1v) is 20.5. The summed E-state index contributed by atoms with van der Waals surface area (Å²) in [5.74, 6) is 0. The van der Waals surface area contributed by atoms with Gasteiger partial charge < -0.3 is 4.90 Å². The summed E-state index contributed by atoms with van der Waals surface area (Å²) in [5.41, 5.74) is 19.4. The number of hydrogen-bond acceptors (Lipinski definition) is 1. The van der Waals surface area contributed by atoms with Crippen LogP contribution in [0.4, 0.5) is 17.1 Å². The molecule has 3 aliphatic rings. The molecule has 56 heavy (non-hydrogen) atoms.